The number of hydrogen-bond donors (Lipinski definition) is 1. The van der Waals surface area contributed by atoms with E-state index in [-0.39, 0.29) is 37.0 Å². The SMILES string of the molecule is CN1C(=O)N(CC(=O)NCc2cccnc2OC2CCCC2)C(=O)C12CCCCC2. The van der Waals surface area contributed by atoms with E-state index in [1.165, 1.54) is 4.90 Å². The van der Waals surface area contributed by atoms with E-state index in [9.17, 15) is 14.4 Å². The Kier molecular flexibility index (Phi) is 5.92. The molecule has 0 aromatic carbocycles. The van der Waals surface area contributed by atoms with E-state index in [4.69, 9.17) is 4.74 Å². The summed E-state index contributed by atoms with van der Waals surface area (Å²) in [6.07, 6.45) is 10.5. The van der Waals surface area contributed by atoms with Gasteiger partial charge in [0, 0.05) is 25.4 Å². The zero-order valence-electron chi connectivity index (χ0n) is 17.6. The van der Waals surface area contributed by atoms with E-state index in [0.29, 0.717) is 18.7 Å². The lowest BCUT2D eigenvalue weighted by molar-refractivity contribution is -0.137. The van der Waals surface area contributed by atoms with Gasteiger partial charge >= 0.3 is 6.03 Å². The van der Waals surface area contributed by atoms with Crippen molar-refractivity contribution in [3.8, 4) is 5.88 Å². The standard InChI is InChI=1S/C22H30N4O4/c1-25-21(29)26(20(28)22(25)11-5-2-6-12-22)15-18(27)24-14-16-8-7-13-23-19(16)30-17-9-3-4-10-17/h7-8,13,17H,2-6,9-12,14-15H2,1H3,(H,24,27). The molecule has 0 atom stereocenters. The maximum absolute atomic E-state index is 13.0. The number of imide groups is 1. The summed E-state index contributed by atoms with van der Waals surface area (Å²) in [4.78, 5) is 45.2. The Balaban J connectivity index is 1.36. The van der Waals surface area contributed by atoms with Gasteiger partial charge in [0.1, 0.15) is 18.2 Å². The topological polar surface area (TPSA) is 91.8 Å². The first-order valence-corrected chi connectivity index (χ1v) is 11.0. The highest BCUT2D eigenvalue weighted by Crippen LogP contribution is 2.39. The van der Waals surface area contributed by atoms with Crippen molar-refractivity contribution in [2.75, 3.05) is 13.6 Å². The van der Waals surface area contributed by atoms with Gasteiger partial charge < -0.3 is 15.0 Å². The van der Waals surface area contributed by atoms with E-state index in [0.717, 1.165) is 55.4 Å². The summed E-state index contributed by atoms with van der Waals surface area (Å²) < 4.78 is 6.01. The molecule has 162 valence electrons. The van der Waals surface area contributed by atoms with Crippen LogP contribution in [-0.2, 0) is 16.1 Å². The van der Waals surface area contributed by atoms with Gasteiger partial charge in [0.15, 0.2) is 0 Å². The average Bonchev–Trinajstić information content (AvgIpc) is 3.33. The van der Waals surface area contributed by atoms with Crippen molar-refractivity contribution < 1.29 is 19.1 Å². The van der Waals surface area contributed by atoms with E-state index in [2.05, 4.69) is 10.3 Å². The number of likely N-dealkylation sites (N-methyl/N-ethyl adjacent to an activating group) is 1. The van der Waals surface area contributed by atoms with Crippen LogP contribution in [0.4, 0.5) is 4.79 Å². The minimum Gasteiger partial charge on any atom is -0.474 e. The molecule has 3 fully saturated rings. The highest BCUT2D eigenvalue weighted by atomic mass is 16.5. The number of nitrogens with zero attached hydrogens (tertiary/aromatic N) is 3. The second kappa shape index (κ2) is 8.62. The van der Waals surface area contributed by atoms with Crippen molar-refractivity contribution in [1.82, 2.24) is 20.1 Å². The van der Waals surface area contributed by atoms with Crippen LogP contribution in [0.25, 0.3) is 0 Å². The summed E-state index contributed by atoms with van der Waals surface area (Å²) in [5.74, 6) is -0.0657. The van der Waals surface area contributed by atoms with E-state index in [1.54, 1.807) is 19.3 Å². The minimum absolute atomic E-state index is 0.177. The molecule has 2 saturated carbocycles. The summed E-state index contributed by atoms with van der Waals surface area (Å²) in [6, 6.07) is 3.29. The van der Waals surface area contributed by atoms with Crippen molar-refractivity contribution >= 4 is 17.8 Å². The first kappa shape index (κ1) is 20.6. The molecule has 8 heteroatoms. The lowest BCUT2D eigenvalue weighted by Gasteiger charge is -2.35. The van der Waals surface area contributed by atoms with Crippen LogP contribution < -0.4 is 10.1 Å². The number of nitrogens with one attached hydrogen (secondary N) is 1. The van der Waals surface area contributed by atoms with Crippen molar-refractivity contribution in [3.63, 3.8) is 0 Å². The Morgan fingerprint density at radius 1 is 1.20 bits per heavy atom. The van der Waals surface area contributed by atoms with E-state index in [1.807, 2.05) is 6.07 Å². The van der Waals surface area contributed by atoms with E-state index < -0.39 is 5.54 Å². The van der Waals surface area contributed by atoms with Crippen LogP contribution in [0.1, 0.15) is 63.4 Å². The molecule has 4 amide bonds. The normalized spacial score (nSPS) is 21.5. The smallest absolute Gasteiger partial charge is 0.327 e. The van der Waals surface area contributed by atoms with Gasteiger partial charge in [-0.3, -0.25) is 14.5 Å². The van der Waals surface area contributed by atoms with E-state index >= 15 is 0 Å². The fraction of sp³-hybridized carbons (Fsp3) is 0.636. The predicted octanol–water partition coefficient (Wildman–Crippen LogP) is 2.62. The van der Waals surface area contributed by atoms with Crippen LogP contribution in [0.5, 0.6) is 5.88 Å². The molecule has 1 N–H and O–H groups in total. The van der Waals surface area contributed by atoms with Crippen molar-refractivity contribution in [2.24, 2.45) is 0 Å². The molecule has 1 aromatic heterocycles. The quantitative estimate of drug-likeness (QED) is 0.723. The number of carbonyl (C=O) groups is 3. The number of urea groups is 1. The number of pyridine rings is 1. The lowest BCUT2D eigenvalue weighted by atomic mass is 9.81. The predicted molar refractivity (Wildman–Crippen MR) is 110 cm³/mol. The highest BCUT2D eigenvalue weighted by Gasteiger charge is 2.55. The number of carbonyl (C=O) groups excluding carboxylic acids is 3. The third kappa shape index (κ3) is 3.87. The summed E-state index contributed by atoms with van der Waals surface area (Å²) in [5, 5.41) is 2.81. The molecular weight excluding hydrogens is 384 g/mol. The number of amides is 4. The zero-order valence-corrected chi connectivity index (χ0v) is 17.6. The van der Waals surface area contributed by atoms with Gasteiger partial charge in [0.25, 0.3) is 5.91 Å². The van der Waals surface area contributed by atoms with Crippen molar-refractivity contribution in [2.45, 2.75) is 76.0 Å². The monoisotopic (exact) mass is 414 g/mol. The average molecular weight is 415 g/mol. The number of aromatic nitrogens is 1. The number of hydrogen-bond acceptors (Lipinski definition) is 5. The van der Waals surface area contributed by atoms with Crippen molar-refractivity contribution in [3.05, 3.63) is 23.9 Å². The fourth-order valence-corrected chi connectivity index (χ4v) is 4.89. The summed E-state index contributed by atoms with van der Waals surface area (Å²) in [6.45, 7) is -0.0191. The van der Waals surface area contributed by atoms with Gasteiger partial charge in [-0.05, 0) is 44.6 Å². The second-order valence-electron chi connectivity index (χ2n) is 8.59. The third-order valence-electron chi connectivity index (χ3n) is 6.69. The van der Waals surface area contributed by atoms with Gasteiger partial charge in [-0.2, -0.15) is 0 Å². The first-order chi connectivity index (χ1) is 14.5. The molecule has 0 bridgehead atoms. The minimum atomic E-state index is -0.763. The lowest BCUT2D eigenvalue weighted by Crippen LogP contribution is -2.49. The molecule has 1 saturated heterocycles. The van der Waals surface area contributed by atoms with Crippen molar-refractivity contribution in [1.29, 1.82) is 0 Å². The molecule has 2 aliphatic carbocycles. The molecule has 1 aliphatic heterocycles. The Morgan fingerprint density at radius 2 is 1.93 bits per heavy atom. The number of ether oxygens (including phenoxy) is 1. The van der Waals surface area contributed by atoms with Gasteiger partial charge in [-0.25, -0.2) is 9.78 Å². The summed E-state index contributed by atoms with van der Waals surface area (Å²) in [7, 11) is 1.67. The molecule has 30 heavy (non-hydrogen) atoms. The van der Waals surface area contributed by atoms with Crippen LogP contribution in [0.15, 0.2) is 18.3 Å². The molecule has 4 rings (SSSR count). The van der Waals surface area contributed by atoms with Crippen LogP contribution in [0.3, 0.4) is 0 Å². The van der Waals surface area contributed by atoms with Crippen LogP contribution in [-0.4, -0.2) is 57.9 Å². The molecule has 8 nitrogen and oxygen atoms in total. The zero-order chi connectivity index (χ0) is 21.1. The van der Waals surface area contributed by atoms with Gasteiger partial charge in [-0.15, -0.1) is 0 Å². The maximum Gasteiger partial charge on any atom is 0.327 e. The van der Waals surface area contributed by atoms with Gasteiger partial charge in [-0.1, -0.05) is 25.3 Å². The highest BCUT2D eigenvalue weighted by molar-refractivity contribution is 6.08. The second-order valence-corrected chi connectivity index (χ2v) is 8.59. The molecule has 1 spiro atoms. The van der Waals surface area contributed by atoms with Crippen LogP contribution in [0, 0.1) is 0 Å². The summed E-state index contributed by atoms with van der Waals surface area (Å²) in [5.41, 5.74) is 0.0269. The molecule has 0 unspecified atom stereocenters. The first-order valence-electron chi connectivity index (χ1n) is 11.0. The Hall–Kier alpha value is -2.64. The summed E-state index contributed by atoms with van der Waals surface area (Å²) >= 11 is 0. The Morgan fingerprint density at radius 3 is 2.67 bits per heavy atom. The third-order valence-corrected chi connectivity index (χ3v) is 6.69. The van der Waals surface area contributed by atoms with Gasteiger partial charge in [0.2, 0.25) is 11.8 Å². The maximum atomic E-state index is 13.0. The molecule has 2 heterocycles. The van der Waals surface area contributed by atoms with Gasteiger partial charge in [0.05, 0.1) is 0 Å². The molecule has 3 aliphatic rings. The van der Waals surface area contributed by atoms with Crippen LogP contribution >= 0.6 is 0 Å². The largest absolute Gasteiger partial charge is 0.474 e. The number of rotatable bonds is 6. The molecular formula is C22H30N4O4. The molecule has 0 radical (unpaired) electrons. The van der Waals surface area contributed by atoms with Crippen LogP contribution in [0.2, 0.25) is 0 Å². The fourth-order valence-electron chi connectivity index (χ4n) is 4.89. The Labute approximate surface area is 177 Å². The Bertz CT molecular complexity index is 815. The molecule has 1 aromatic rings.